The van der Waals surface area contributed by atoms with Crippen LogP contribution in [0.5, 0.6) is 0 Å². The van der Waals surface area contributed by atoms with Crippen LogP contribution in [0.4, 0.5) is 0 Å². The maximum atomic E-state index is 8.88. The van der Waals surface area contributed by atoms with Gasteiger partial charge in [-0.3, -0.25) is 4.90 Å². The molecule has 68 valence electrons. The van der Waals surface area contributed by atoms with Crippen LogP contribution in [-0.4, -0.2) is 24.0 Å². The van der Waals surface area contributed by atoms with E-state index in [1.165, 1.54) is 6.42 Å². The largest absolute Gasteiger partial charge is 0.300 e. The van der Waals surface area contributed by atoms with Crippen LogP contribution >= 0.6 is 0 Å². The molecular formula is C10H18N2. The number of rotatable bonds is 1. The van der Waals surface area contributed by atoms with Crippen LogP contribution in [-0.2, 0) is 0 Å². The van der Waals surface area contributed by atoms with Gasteiger partial charge in [0.25, 0.3) is 0 Å². The Labute approximate surface area is 75.2 Å². The van der Waals surface area contributed by atoms with Crippen LogP contribution in [0.25, 0.3) is 0 Å². The maximum absolute atomic E-state index is 8.88. The van der Waals surface area contributed by atoms with E-state index in [9.17, 15) is 0 Å². The van der Waals surface area contributed by atoms with Crippen molar-refractivity contribution in [2.75, 3.05) is 13.1 Å². The van der Waals surface area contributed by atoms with Gasteiger partial charge in [-0.15, -0.1) is 0 Å². The first kappa shape index (κ1) is 9.54. The third-order valence-electron chi connectivity index (χ3n) is 2.89. The second-order valence-corrected chi connectivity index (χ2v) is 4.09. The molecule has 0 amide bonds. The molecule has 0 aromatic rings. The fraction of sp³-hybridized carbons (Fsp3) is 0.900. The van der Waals surface area contributed by atoms with Crippen LogP contribution < -0.4 is 0 Å². The number of hydrogen-bond donors (Lipinski definition) is 0. The fourth-order valence-electron chi connectivity index (χ4n) is 1.73. The molecule has 1 saturated heterocycles. The molecule has 0 radical (unpaired) electrons. The average molecular weight is 166 g/mol. The minimum Gasteiger partial charge on any atom is -0.300 e. The molecule has 1 aliphatic rings. The van der Waals surface area contributed by atoms with E-state index in [0.29, 0.717) is 12.0 Å². The highest BCUT2D eigenvalue weighted by Gasteiger charge is 2.26. The number of piperidine rings is 1. The first-order chi connectivity index (χ1) is 5.65. The maximum Gasteiger partial charge on any atom is 0.0672 e. The van der Waals surface area contributed by atoms with Gasteiger partial charge in [-0.2, -0.15) is 5.26 Å². The highest BCUT2D eigenvalue weighted by atomic mass is 15.2. The predicted octanol–water partition coefficient (Wildman–Crippen LogP) is 1.88. The van der Waals surface area contributed by atoms with Gasteiger partial charge in [-0.25, -0.2) is 0 Å². The van der Waals surface area contributed by atoms with Crippen molar-refractivity contribution in [1.82, 2.24) is 4.90 Å². The van der Waals surface area contributed by atoms with E-state index in [0.717, 1.165) is 13.1 Å². The molecule has 2 heteroatoms. The van der Waals surface area contributed by atoms with Crippen molar-refractivity contribution in [2.45, 2.75) is 33.2 Å². The van der Waals surface area contributed by atoms with Crippen molar-refractivity contribution in [3.63, 3.8) is 0 Å². The molecule has 12 heavy (non-hydrogen) atoms. The van der Waals surface area contributed by atoms with E-state index < -0.39 is 0 Å². The number of likely N-dealkylation sites (tertiary alicyclic amines) is 1. The molecule has 1 aliphatic heterocycles. The molecule has 2 unspecified atom stereocenters. The van der Waals surface area contributed by atoms with Gasteiger partial charge >= 0.3 is 0 Å². The van der Waals surface area contributed by atoms with Crippen molar-refractivity contribution in [3.8, 4) is 6.07 Å². The van der Waals surface area contributed by atoms with Crippen molar-refractivity contribution in [2.24, 2.45) is 11.8 Å². The lowest BCUT2D eigenvalue weighted by Gasteiger charge is -2.36. The summed E-state index contributed by atoms with van der Waals surface area (Å²) in [5, 5.41) is 8.88. The Hall–Kier alpha value is -0.550. The van der Waals surface area contributed by atoms with E-state index in [2.05, 4.69) is 31.7 Å². The minimum absolute atomic E-state index is 0.251. The van der Waals surface area contributed by atoms with E-state index >= 15 is 0 Å². The Balaban J connectivity index is 2.51. The lowest BCUT2D eigenvalue weighted by atomic mass is 9.88. The first-order valence-corrected chi connectivity index (χ1v) is 4.78. The second-order valence-electron chi connectivity index (χ2n) is 4.09. The molecule has 0 aliphatic carbocycles. The Bertz CT molecular complexity index is 181. The minimum atomic E-state index is 0.251. The van der Waals surface area contributed by atoms with Gasteiger partial charge in [0, 0.05) is 12.6 Å². The topological polar surface area (TPSA) is 27.0 Å². The van der Waals surface area contributed by atoms with Crippen molar-refractivity contribution in [1.29, 1.82) is 5.26 Å². The molecule has 0 spiro atoms. The van der Waals surface area contributed by atoms with E-state index in [4.69, 9.17) is 5.26 Å². The first-order valence-electron chi connectivity index (χ1n) is 4.78. The monoisotopic (exact) mass is 166 g/mol. The highest BCUT2D eigenvalue weighted by Crippen LogP contribution is 2.23. The molecule has 0 aromatic carbocycles. The van der Waals surface area contributed by atoms with Gasteiger partial charge < -0.3 is 0 Å². The van der Waals surface area contributed by atoms with E-state index in [1.807, 2.05) is 0 Å². The van der Waals surface area contributed by atoms with Gasteiger partial charge in [0.15, 0.2) is 0 Å². The Morgan fingerprint density at radius 3 is 2.67 bits per heavy atom. The zero-order chi connectivity index (χ0) is 9.14. The Morgan fingerprint density at radius 2 is 2.17 bits per heavy atom. The molecule has 1 fully saturated rings. The quantitative estimate of drug-likeness (QED) is 0.594. The van der Waals surface area contributed by atoms with Gasteiger partial charge in [0.1, 0.15) is 0 Å². The lowest BCUT2D eigenvalue weighted by Crippen LogP contribution is -2.42. The average Bonchev–Trinajstić information content (AvgIpc) is 2.05. The smallest absolute Gasteiger partial charge is 0.0672 e. The summed E-state index contributed by atoms with van der Waals surface area (Å²) < 4.78 is 0. The molecule has 0 bridgehead atoms. The number of nitrogens with zero attached hydrogens (tertiary/aromatic N) is 2. The summed E-state index contributed by atoms with van der Waals surface area (Å²) in [6.07, 6.45) is 1.18. The van der Waals surface area contributed by atoms with Crippen molar-refractivity contribution >= 4 is 0 Å². The summed E-state index contributed by atoms with van der Waals surface area (Å²) in [4.78, 5) is 2.40. The van der Waals surface area contributed by atoms with Gasteiger partial charge in [-0.05, 0) is 32.7 Å². The third kappa shape index (κ3) is 1.98. The van der Waals surface area contributed by atoms with Crippen LogP contribution in [0.1, 0.15) is 27.2 Å². The zero-order valence-corrected chi connectivity index (χ0v) is 8.25. The normalized spacial score (nSPS) is 31.9. The summed E-state index contributed by atoms with van der Waals surface area (Å²) >= 11 is 0. The predicted molar refractivity (Wildman–Crippen MR) is 49.6 cm³/mol. The molecule has 2 nitrogen and oxygen atoms in total. The SMILES string of the molecule is CC1CCN(C(C)C)CC1C#N. The zero-order valence-electron chi connectivity index (χ0n) is 8.25. The van der Waals surface area contributed by atoms with Crippen molar-refractivity contribution in [3.05, 3.63) is 0 Å². The fourth-order valence-corrected chi connectivity index (χ4v) is 1.73. The summed E-state index contributed by atoms with van der Waals surface area (Å²) in [7, 11) is 0. The summed E-state index contributed by atoms with van der Waals surface area (Å²) in [6.45, 7) is 8.72. The van der Waals surface area contributed by atoms with Crippen LogP contribution in [0.3, 0.4) is 0 Å². The van der Waals surface area contributed by atoms with Crippen molar-refractivity contribution < 1.29 is 0 Å². The molecule has 0 saturated carbocycles. The Morgan fingerprint density at radius 1 is 1.50 bits per heavy atom. The Kier molecular flexibility index (Phi) is 3.11. The summed E-state index contributed by atoms with van der Waals surface area (Å²) in [5.74, 6) is 0.839. The van der Waals surface area contributed by atoms with Crippen LogP contribution in [0.15, 0.2) is 0 Å². The molecule has 1 heterocycles. The molecule has 0 N–H and O–H groups in total. The second kappa shape index (κ2) is 3.91. The molecule has 1 rings (SSSR count). The number of hydrogen-bond acceptors (Lipinski definition) is 2. The van der Waals surface area contributed by atoms with Crippen LogP contribution in [0.2, 0.25) is 0 Å². The highest BCUT2D eigenvalue weighted by molar-refractivity contribution is 4.92. The standard InChI is InChI=1S/C10H18N2/c1-8(2)12-5-4-9(3)10(6-11)7-12/h8-10H,4-5,7H2,1-3H3. The van der Waals surface area contributed by atoms with Crippen LogP contribution in [0, 0.1) is 23.2 Å². The molecule has 2 atom stereocenters. The van der Waals surface area contributed by atoms with E-state index in [-0.39, 0.29) is 5.92 Å². The van der Waals surface area contributed by atoms with Gasteiger partial charge in [0.2, 0.25) is 0 Å². The van der Waals surface area contributed by atoms with Gasteiger partial charge in [-0.1, -0.05) is 6.92 Å². The lowest BCUT2D eigenvalue weighted by molar-refractivity contribution is 0.126. The van der Waals surface area contributed by atoms with E-state index in [1.54, 1.807) is 0 Å². The summed E-state index contributed by atoms with van der Waals surface area (Å²) in [6, 6.07) is 2.99. The molecular weight excluding hydrogens is 148 g/mol. The third-order valence-corrected chi connectivity index (χ3v) is 2.89. The summed E-state index contributed by atoms with van der Waals surface area (Å²) in [5.41, 5.74) is 0. The van der Waals surface area contributed by atoms with Gasteiger partial charge in [0.05, 0.1) is 12.0 Å². The number of nitriles is 1. The molecule has 0 aromatic heterocycles.